The summed E-state index contributed by atoms with van der Waals surface area (Å²) in [6, 6.07) is -0.331. The summed E-state index contributed by atoms with van der Waals surface area (Å²) in [6.07, 6.45) is 5.68. The average Bonchev–Trinajstić information content (AvgIpc) is 3.06. The summed E-state index contributed by atoms with van der Waals surface area (Å²) in [7, 11) is 1.35. The molecule has 0 aliphatic heterocycles. The van der Waals surface area contributed by atoms with Gasteiger partial charge in [-0.1, -0.05) is 40.2 Å². The zero-order valence-corrected chi connectivity index (χ0v) is 21.1. The normalized spacial score (nSPS) is 26.2. The van der Waals surface area contributed by atoms with Crippen LogP contribution < -0.4 is 4.74 Å². The molecule has 0 bridgehead atoms. The number of unbranched alkanes of at least 4 members (excludes halogenated alkanes) is 1. The molecule has 0 saturated heterocycles. The van der Waals surface area contributed by atoms with Crippen molar-refractivity contribution in [2.24, 2.45) is 5.92 Å². The van der Waals surface area contributed by atoms with Gasteiger partial charge in [-0.3, -0.25) is 14.5 Å². The standard InChI is InChI=1S/C23H36N2O5Si/c1-9-10-14-28-21-17-19(29-24-21)18(25(5)6)15-12-11-13-16(26)23(15,20(17)27)30-31(7,8)22(2,3)4/h11,13,15,18H,9-10,12,14H2,1-8H3/t15-,18-,23-/m0/s1. The highest BCUT2D eigenvalue weighted by Gasteiger charge is 2.65. The van der Waals surface area contributed by atoms with Gasteiger partial charge in [-0.15, -0.1) is 0 Å². The molecule has 1 heterocycles. The van der Waals surface area contributed by atoms with Crippen molar-refractivity contribution in [3.63, 3.8) is 0 Å². The maximum absolute atomic E-state index is 14.1. The Balaban J connectivity index is 2.20. The zero-order valence-electron chi connectivity index (χ0n) is 20.1. The van der Waals surface area contributed by atoms with Crippen LogP contribution in [0.2, 0.25) is 18.1 Å². The topological polar surface area (TPSA) is 81.9 Å². The Morgan fingerprint density at radius 1 is 1.29 bits per heavy atom. The number of ketones is 2. The molecule has 0 radical (unpaired) electrons. The fourth-order valence-corrected chi connectivity index (χ4v) is 5.68. The predicted molar refractivity (Wildman–Crippen MR) is 121 cm³/mol. The van der Waals surface area contributed by atoms with E-state index in [1.807, 2.05) is 25.1 Å². The third-order valence-corrected chi connectivity index (χ3v) is 11.4. The zero-order chi connectivity index (χ0) is 23.2. The number of allylic oxidation sites excluding steroid dienone is 1. The Kier molecular flexibility index (Phi) is 6.39. The number of hydrogen-bond acceptors (Lipinski definition) is 7. The minimum atomic E-state index is -2.49. The van der Waals surface area contributed by atoms with E-state index in [0.717, 1.165) is 12.8 Å². The molecule has 0 spiro atoms. The molecule has 8 heteroatoms. The summed E-state index contributed by atoms with van der Waals surface area (Å²) in [5.41, 5.74) is -1.33. The second-order valence-corrected chi connectivity index (χ2v) is 15.1. The highest BCUT2D eigenvalue weighted by molar-refractivity contribution is 6.74. The van der Waals surface area contributed by atoms with Gasteiger partial charge in [0.1, 0.15) is 5.56 Å². The van der Waals surface area contributed by atoms with E-state index in [4.69, 9.17) is 13.7 Å². The Morgan fingerprint density at radius 2 is 1.97 bits per heavy atom. The first-order valence-corrected chi connectivity index (χ1v) is 14.0. The summed E-state index contributed by atoms with van der Waals surface area (Å²) in [4.78, 5) is 29.6. The Bertz CT molecular complexity index is 883. The van der Waals surface area contributed by atoms with Crippen molar-refractivity contribution in [2.75, 3.05) is 20.7 Å². The van der Waals surface area contributed by atoms with Crippen LogP contribution in [0.3, 0.4) is 0 Å². The van der Waals surface area contributed by atoms with Crippen LogP contribution in [0.4, 0.5) is 0 Å². The van der Waals surface area contributed by atoms with Crippen LogP contribution in [0.5, 0.6) is 5.88 Å². The van der Waals surface area contributed by atoms with E-state index in [9.17, 15) is 9.59 Å². The average molecular weight is 449 g/mol. The van der Waals surface area contributed by atoms with Gasteiger partial charge in [-0.05, 0) is 56.3 Å². The Labute approximate surface area is 186 Å². The molecular weight excluding hydrogens is 412 g/mol. The first kappa shape index (κ1) is 23.9. The second kappa shape index (κ2) is 8.29. The third-order valence-electron chi connectivity index (χ3n) is 6.96. The fourth-order valence-electron chi connectivity index (χ4n) is 4.23. The number of carbonyl (C=O) groups excluding carboxylic acids is 2. The van der Waals surface area contributed by atoms with Crippen LogP contribution in [0.15, 0.2) is 16.7 Å². The van der Waals surface area contributed by atoms with Gasteiger partial charge in [0, 0.05) is 5.92 Å². The molecule has 2 aliphatic rings. The van der Waals surface area contributed by atoms with E-state index in [2.05, 4.69) is 45.9 Å². The largest absolute Gasteiger partial charge is 0.475 e. The van der Waals surface area contributed by atoms with Crippen molar-refractivity contribution in [1.29, 1.82) is 0 Å². The molecule has 3 rings (SSSR count). The number of nitrogens with zero attached hydrogens (tertiary/aromatic N) is 2. The summed E-state index contributed by atoms with van der Waals surface area (Å²) in [5.74, 6) is -0.441. The van der Waals surface area contributed by atoms with Gasteiger partial charge in [0.15, 0.2) is 25.5 Å². The van der Waals surface area contributed by atoms with Crippen molar-refractivity contribution >= 4 is 19.9 Å². The highest BCUT2D eigenvalue weighted by atomic mass is 28.4. The quantitative estimate of drug-likeness (QED) is 0.343. The molecule has 0 fully saturated rings. The van der Waals surface area contributed by atoms with Crippen molar-refractivity contribution in [3.05, 3.63) is 23.5 Å². The molecular formula is C23H36N2O5Si. The number of ether oxygens (including phenoxy) is 1. The van der Waals surface area contributed by atoms with Gasteiger partial charge in [-0.25, -0.2) is 0 Å². The lowest BCUT2D eigenvalue weighted by Gasteiger charge is -2.51. The van der Waals surface area contributed by atoms with Gasteiger partial charge in [0.2, 0.25) is 5.78 Å². The molecule has 0 unspecified atom stereocenters. The molecule has 7 nitrogen and oxygen atoms in total. The fraction of sp³-hybridized carbons (Fsp3) is 0.696. The smallest absolute Gasteiger partial charge is 0.265 e. The number of fused-ring (bicyclic) bond motifs is 2. The van der Waals surface area contributed by atoms with E-state index in [1.165, 1.54) is 6.08 Å². The molecule has 2 aliphatic carbocycles. The summed E-state index contributed by atoms with van der Waals surface area (Å²) < 4.78 is 18.3. The van der Waals surface area contributed by atoms with E-state index in [-0.39, 0.29) is 34.1 Å². The summed E-state index contributed by atoms with van der Waals surface area (Å²) in [5, 5.41) is 3.92. The highest BCUT2D eigenvalue weighted by Crippen LogP contribution is 2.53. The summed E-state index contributed by atoms with van der Waals surface area (Å²) >= 11 is 0. The SMILES string of the molecule is CCCCOc1noc2c1C(=O)[C@@]1(O[Si](C)(C)C(C)(C)C)C(=O)C=CC[C@H]1[C@@H]2N(C)C. The maximum Gasteiger partial charge on any atom is 0.265 e. The molecule has 0 amide bonds. The monoisotopic (exact) mass is 448 g/mol. The first-order valence-electron chi connectivity index (χ1n) is 11.1. The molecule has 31 heavy (non-hydrogen) atoms. The predicted octanol–water partition coefficient (Wildman–Crippen LogP) is 4.56. The van der Waals surface area contributed by atoms with Crippen LogP contribution >= 0.6 is 0 Å². The van der Waals surface area contributed by atoms with Crippen LogP contribution in [0, 0.1) is 5.92 Å². The van der Waals surface area contributed by atoms with Crippen molar-refractivity contribution in [2.45, 2.75) is 76.7 Å². The molecule has 0 saturated carbocycles. The minimum absolute atomic E-state index is 0.166. The molecule has 1 aromatic heterocycles. The van der Waals surface area contributed by atoms with E-state index in [1.54, 1.807) is 0 Å². The molecule has 172 valence electrons. The number of carbonyl (C=O) groups is 2. The van der Waals surface area contributed by atoms with Crippen molar-refractivity contribution < 1.29 is 23.3 Å². The molecule has 1 aromatic rings. The van der Waals surface area contributed by atoms with Gasteiger partial charge in [-0.2, -0.15) is 0 Å². The van der Waals surface area contributed by atoms with Crippen LogP contribution in [-0.4, -0.2) is 56.2 Å². The third kappa shape index (κ3) is 3.83. The van der Waals surface area contributed by atoms with Crippen LogP contribution in [0.25, 0.3) is 0 Å². The van der Waals surface area contributed by atoms with Gasteiger partial charge < -0.3 is 13.7 Å². The first-order chi connectivity index (χ1) is 14.4. The van der Waals surface area contributed by atoms with E-state index < -0.39 is 19.8 Å². The lowest BCUT2D eigenvalue weighted by atomic mass is 9.65. The van der Waals surface area contributed by atoms with Gasteiger partial charge in [0.25, 0.3) is 5.88 Å². The number of Topliss-reactive ketones (excluding diaryl/α,β-unsaturated/α-hetero) is 1. The van der Waals surface area contributed by atoms with Crippen molar-refractivity contribution in [1.82, 2.24) is 10.1 Å². The molecule has 0 aromatic carbocycles. The second-order valence-electron chi connectivity index (χ2n) is 10.4. The van der Waals surface area contributed by atoms with Gasteiger partial charge >= 0.3 is 0 Å². The molecule has 0 N–H and O–H groups in total. The Morgan fingerprint density at radius 3 is 2.55 bits per heavy atom. The lowest BCUT2D eigenvalue weighted by molar-refractivity contribution is -0.135. The van der Waals surface area contributed by atoms with E-state index in [0.29, 0.717) is 18.8 Å². The van der Waals surface area contributed by atoms with Gasteiger partial charge in [0.05, 0.1) is 12.6 Å². The summed E-state index contributed by atoms with van der Waals surface area (Å²) in [6.45, 7) is 13.0. The lowest BCUT2D eigenvalue weighted by Crippen LogP contribution is -2.65. The van der Waals surface area contributed by atoms with Crippen molar-refractivity contribution in [3.8, 4) is 5.88 Å². The van der Waals surface area contributed by atoms with Crippen LogP contribution in [0.1, 0.15) is 69.1 Å². The Hall–Kier alpha value is -1.77. The minimum Gasteiger partial charge on any atom is -0.475 e. The maximum atomic E-state index is 14.1. The number of aromatic nitrogens is 1. The van der Waals surface area contributed by atoms with Crippen LogP contribution in [-0.2, 0) is 9.22 Å². The van der Waals surface area contributed by atoms with E-state index >= 15 is 0 Å². The number of hydrogen-bond donors (Lipinski definition) is 0. The number of rotatable bonds is 7. The molecule has 3 atom stereocenters.